The van der Waals surface area contributed by atoms with Crippen molar-refractivity contribution < 1.29 is 14.3 Å². The van der Waals surface area contributed by atoms with Crippen molar-refractivity contribution in [3.63, 3.8) is 0 Å². The molecule has 19 heavy (non-hydrogen) atoms. The summed E-state index contributed by atoms with van der Waals surface area (Å²) < 4.78 is 13.6. The highest BCUT2D eigenvalue weighted by molar-refractivity contribution is 5.94. The van der Waals surface area contributed by atoms with Crippen molar-refractivity contribution in [1.82, 2.24) is 4.90 Å². The van der Waals surface area contributed by atoms with Crippen LogP contribution in [-0.4, -0.2) is 41.1 Å². The summed E-state index contributed by atoms with van der Waals surface area (Å²) in [7, 11) is 0. The van der Waals surface area contributed by atoms with E-state index in [2.05, 4.69) is 10.2 Å². The first-order chi connectivity index (χ1) is 9.15. The van der Waals surface area contributed by atoms with Crippen molar-refractivity contribution in [3.05, 3.63) is 29.6 Å². The Bertz CT molecular complexity index is 502. The molecular formula is C14H17FN2O2. The van der Waals surface area contributed by atoms with Crippen molar-refractivity contribution in [3.8, 4) is 0 Å². The number of likely N-dealkylation sites (tertiary alicyclic amines) is 1. The first-order valence-corrected chi connectivity index (χ1v) is 6.67. The number of carboxylic acid groups (broad SMARTS) is 1. The SMILES string of the molecule is O=C(O)c1c(F)cccc1NC1CCN(C2CC2)C1. The number of anilines is 1. The molecule has 0 radical (unpaired) electrons. The summed E-state index contributed by atoms with van der Waals surface area (Å²) in [4.78, 5) is 13.5. The Kier molecular flexibility index (Phi) is 3.14. The monoisotopic (exact) mass is 264 g/mol. The normalized spacial score (nSPS) is 23.5. The lowest BCUT2D eigenvalue weighted by Crippen LogP contribution is -2.28. The van der Waals surface area contributed by atoms with E-state index in [1.165, 1.54) is 25.0 Å². The van der Waals surface area contributed by atoms with E-state index in [0.717, 1.165) is 25.6 Å². The summed E-state index contributed by atoms with van der Waals surface area (Å²) >= 11 is 0. The van der Waals surface area contributed by atoms with Crippen molar-refractivity contribution in [1.29, 1.82) is 0 Å². The Balaban J connectivity index is 1.73. The zero-order valence-corrected chi connectivity index (χ0v) is 10.6. The van der Waals surface area contributed by atoms with Crippen LogP contribution in [0.2, 0.25) is 0 Å². The number of halogens is 1. The average Bonchev–Trinajstić information content (AvgIpc) is 3.10. The minimum absolute atomic E-state index is 0.209. The largest absolute Gasteiger partial charge is 0.478 e. The second-order valence-corrected chi connectivity index (χ2v) is 5.32. The predicted molar refractivity (Wildman–Crippen MR) is 70.0 cm³/mol. The van der Waals surface area contributed by atoms with E-state index in [9.17, 15) is 9.18 Å². The Morgan fingerprint density at radius 3 is 2.84 bits per heavy atom. The molecule has 5 heteroatoms. The number of carbonyl (C=O) groups is 1. The van der Waals surface area contributed by atoms with Gasteiger partial charge in [-0.25, -0.2) is 9.18 Å². The minimum atomic E-state index is -1.22. The van der Waals surface area contributed by atoms with Gasteiger partial charge in [0.05, 0.1) is 5.69 Å². The molecule has 1 atom stereocenters. The summed E-state index contributed by atoms with van der Waals surface area (Å²) in [6.45, 7) is 1.96. The van der Waals surface area contributed by atoms with E-state index in [0.29, 0.717) is 5.69 Å². The van der Waals surface area contributed by atoms with E-state index in [4.69, 9.17) is 5.11 Å². The second kappa shape index (κ2) is 4.81. The zero-order valence-electron chi connectivity index (χ0n) is 10.6. The third kappa shape index (κ3) is 2.56. The summed E-state index contributed by atoms with van der Waals surface area (Å²) in [6.07, 6.45) is 3.52. The Labute approximate surface area is 111 Å². The van der Waals surface area contributed by atoms with Gasteiger partial charge in [-0.2, -0.15) is 0 Å². The van der Waals surface area contributed by atoms with Gasteiger partial charge in [0.2, 0.25) is 0 Å². The molecule has 1 heterocycles. The topological polar surface area (TPSA) is 52.6 Å². The molecule has 1 aromatic carbocycles. The highest BCUT2D eigenvalue weighted by Crippen LogP contribution is 2.31. The number of hydrogen-bond donors (Lipinski definition) is 2. The summed E-state index contributed by atoms with van der Waals surface area (Å²) in [5.74, 6) is -1.91. The van der Waals surface area contributed by atoms with Gasteiger partial charge in [0.1, 0.15) is 11.4 Å². The molecule has 3 rings (SSSR count). The molecule has 2 fully saturated rings. The number of nitrogens with zero attached hydrogens (tertiary/aromatic N) is 1. The maximum Gasteiger partial charge on any atom is 0.340 e. The zero-order chi connectivity index (χ0) is 13.4. The van der Waals surface area contributed by atoms with Crippen LogP contribution in [0.1, 0.15) is 29.6 Å². The molecule has 0 bridgehead atoms. The van der Waals surface area contributed by atoms with Crippen molar-refractivity contribution in [2.45, 2.75) is 31.3 Å². The number of carboxylic acids is 1. The van der Waals surface area contributed by atoms with Crippen LogP contribution in [0.4, 0.5) is 10.1 Å². The van der Waals surface area contributed by atoms with Gasteiger partial charge in [-0.15, -0.1) is 0 Å². The summed E-state index contributed by atoms with van der Waals surface area (Å²) in [5, 5.41) is 12.3. The molecule has 1 saturated heterocycles. The fourth-order valence-corrected chi connectivity index (χ4v) is 2.76. The van der Waals surface area contributed by atoms with Crippen molar-refractivity contribution in [2.24, 2.45) is 0 Å². The van der Waals surface area contributed by atoms with Crippen LogP contribution in [0.5, 0.6) is 0 Å². The molecule has 0 spiro atoms. The van der Waals surface area contributed by atoms with Crippen LogP contribution >= 0.6 is 0 Å². The lowest BCUT2D eigenvalue weighted by molar-refractivity contribution is 0.0693. The molecular weight excluding hydrogens is 247 g/mol. The predicted octanol–water partition coefficient (Wildman–Crippen LogP) is 2.17. The maximum atomic E-state index is 13.6. The highest BCUT2D eigenvalue weighted by Gasteiger charge is 2.34. The summed E-state index contributed by atoms with van der Waals surface area (Å²) in [6, 6.07) is 5.28. The fraction of sp³-hybridized carbons (Fsp3) is 0.500. The van der Waals surface area contributed by atoms with Gasteiger partial charge in [0.15, 0.2) is 0 Å². The molecule has 1 unspecified atom stereocenters. The quantitative estimate of drug-likeness (QED) is 0.875. The van der Waals surface area contributed by atoms with Crippen LogP contribution in [0, 0.1) is 5.82 Å². The average molecular weight is 264 g/mol. The first-order valence-electron chi connectivity index (χ1n) is 6.67. The Hall–Kier alpha value is -1.62. The van der Waals surface area contributed by atoms with Crippen LogP contribution in [-0.2, 0) is 0 Å². The van der Waals surface area contributed by atoms with Crippen LogP contribution < -0.4 is 5.32 Å². The van der Waals surface area contributed by atoms with E-state index >= 15 is 0 Å². The minimum Gasteiger partial charge on any atom is -0.478 e. The number of nitrogens with one attached hydrogen (secondary N) is 1. The molecule has 1 aromatic rings. The van der Waals surface area contributed by atoms with Gasteiger partial charge in [-0.1, -0.05) is 6.07 Å². The molecule has 1 aliphatic carbocycles. The van der Waals surface area contributed by atoms with Crippen LogP contribution in [0.25, 0.3) is 0 Å². The van der Waals surface area contributed by atoms with Gasteiger partial charge in [-0.3, -0.25) is 4.90 Å². The van der Waals surface area contributed by atoms with Crippen LogP contribution in [0.3, 0.4) is 0 Å². The number of rotatable bonds is 4. The van der Waals surface area contributed by atoms with Gasteiger partial charge in [-0.05, 0) is 31.4 Å². The maximum absolute atomic E-state index is 13.6. The first kappa shape index (κ1) is 12.4. The van der Waals surface area contributed by atoms with Crippen molar-refractivity contribution in [2.75, 3.05) is 18.4 Å². The van der Waals surface area contributed by atoms with Gasteiger partial charge < -0.3 is 10.4 Å². The smallest absolute Gasteiger partial charge is 0.340 e. The third-order valence-electron chi connectivity index (χ3n) is 3.87. The molecule has 2 aliphatic rings. The Morgan fingerprint density at radius 2 is 2.16 bits per heavy atom. The number of benzene rings is 1. The lowest BCUT2D eigenvalue weighted by Gasteiger charge is -2.18. The lowest BCUT2D eigenvalue weighted by atomic mass is 10.1. The van der Waals surface area contributed by atoms with E-state index in [1.54, 1.807) is 6.07 Å². The Morgan fingerprint density at radius 1 is 1.37 bits per heavy atom. The van der Waals surface area contributed by atoms with E-state index < -0.39 is 11.8 Å². The molecule has 102 valence electrons. The molecule has 1 aliphatic heterocycles. The standard InChI is InChI=1S/C14H17FN2O2/c15-11-2-1-3-12(13(11)14(18)19)16-9-6-7-17(8-9)10-4-5-10/h1-3,9-10,16H,4-8H2,(H,18,19). The molecule has 4 nitrogen and oxygen atoms in total. The fourth-order valence-electron chi connectivity index (χ4n) is 2.76. The molecule has 0 aromatic heterocycles. The number of hydrogen-bond acceptors (Lipinski definition) is 3. The van der Waals surface area contributed by atoms with Gasteiger partial charge in [0, 0.05) is 25.2 Å². The third-order valence-corrected chi connectivity index (χ3v) is 3.87. The molecule has 2 N–H and O–H groups in total. The van der Waals surface area contributed by atoms with Crippen molar-refractivity contribution >= 4 is 11.7 Å². The summed E-state index contributed by atoms with van der Waals surface area (Å²) in [5.41, 5.74) is 0.127. The van der Waals surface area contributed by atoms with Crippen LogP contribution in [0.15, 0.2) is 18.2 Å². The molecule has 1 saturated carbocycles. The van der Waals surface area contributed by atoms with Gasteiger partial charge in [0.25, 0.3) is 0 Å². The molecule has 0 amide bonds. The van der Waals surface area contributed by atoms with E-state index in [-0.39, 0.29) is 11.6 Å². The second-order valence-electron chi connectivity index (χ2n) is 5.32. The van der Waals surface area contributed by atoms with Gasteiger partial charge >= 0.3 is 5.97 Å². The highest BCUT2D eigenvalue weighted by atomic mass is 19.1. The number of aromatic carboxylic acids is 1. The van der Waals surface area contributed by atoms with E-state index in [1.807, 2.05) is 0 Å².